The molecule has 0 aromatic heterocycles. The molecule has 0 bridgehead atoms. The number of halogens is 4. The minimum atomic E-state index is -4.13. The van der Waals surface area contributed by atoms with Crippen molar-refractivity contribution in [3.8, 4) is 11.6 Å². The van der Waals surface area contributed by atoms with Gasteiger partial charge in [-0.1, -0.05) is 5.92 Å². The van der Waals surface area contributed by atoms with E-state index in [0.717, 1.165) is 0 Å². The highest BCUT2D eigenvalue weighted by atomic mass is 35.5. The molecule has 0 aromatic rings. The molecular formula is C9H11ClF3O3P. The van der Waals surface area contributed by atoms with Crippen molar-refractivity contribution in [2.45, 2.75) is 19.2 Å². The maximum absolute atomic E-state index is 12.6. The Balaban J connectivity index is 4.86. The van der Waals surface area contributed by atoms with Gasteiger partial charge in [0.25, 0.3) is 0 Å². The van der Waals surface area contributed by atoms with Gasteiger partial charge in [-0.2, -0.15) is 8.78 Å². The molecular weight excluding hydrogens is 280 g/mol. The maximum Gasteiger partial charge on any atom is 0.405 e. The van der Waals surface area contributed by atoms with Crippen LogP contribution in [0.25, 0.3) is 0 Å². The monoisotopic (exact) mass is 290 g/mol. The number of rotatable bonds is 5. The van der Waals surface area contributed by atoms with Crippen LogP contribution in [0.4, 0.5) is 13.2 Å². The molecule has 0 atom stereocenters. The highest BCUT2D eigenvalue weighted by molar-refractivity contribution is 7.59. The van der Waals surface area contributed by atoms with E-state index in [1.165, 1.54) is 0 Å². The fraction of sp³-hybridized carbons (Fsp3) is 0.556. The van der Waals surface area contributed by atoms with Crippen LogP contribution >= 0.6 is 19.2 Å². The molecule has 0 N–H and O–H groups in total. The third kappa shape index (κ3) is 6.75. The van der Waals surface area contributed by atoms with Crippen molar-refractivity contribution >= 4 is 19.2 Å². The Labute approximate surface area is 102 Å². The quantitative estimate of drug-likeness (QED) is 0.438. The maximum atomic E-state index is 12.6. The average molecular weight is 291 g/mol. The van der Waals surface area contributed by atoms with Crippen molar-refractivity contribution in [2.24, 2.45) is 0 Å². The van der Waals surface area contributed by atoms with Gasteiger partial charge in [0, 0.05) is 11.7 Å². The molecule has 0 aliphatic rings. The normalized spacial score (nSPS) is 13.2. The van der Waals surface area contributed by atoms with Crippen LogP contribution in [0.5, 0.6) is 0 Å². The predicted octanol–water partition coefficient (Wildman–Crippen LogP) is 3.90. The molecule has 8 heteroatoms. The van der Waals surface area contributed by atoms with Gasteiger partial charge in [0.1, 0.15) is 0 Å². The Morgan fingerprint density at radius 1 is 1.41 bits per heavy atom. The molecule has 0 saturated carbocycles. The second-order valence-electron chi connectivity index (χ2n) is 2.58. The Hall–Kier alpha value is -0.470. The number of allylic oxidation sites excluding steroid dienone is 2. The minimum Gasteiger partial charge on any atom is -0.300 e. The molecule has 0 spiro atoms. The average Bonchev–Trinajstić information content (AvgIpc) is 2.16. The van der Waals surface area contributed by atoms with E-state index in [9.17, 15) is 17.7 Å². The lowest BCUT2D eigenvalue weighted by Crippen LogP contribution is -2.05. The summed E-state index contributed by atoms with van der Waals surface area (Å²) in [6.45, 7) is 3.22. The Kier molecular flexibility index (Phi) is 6.88. The summed E-state index contributed by atoms with van der Waals surface area (Å²) < 4.78 is 58.0. The second kappa shape index (κ2) is 7.07. The van der Waals surface area contributed by atoms with Crippen molar-refractivity contribution in [1.82, 2.24) is 0 Å². The van der Waals surface area contributed by atoms with Crippen LogP contribution in [0.3, 0.4) is 0 Å². The van der Waals surface area contributed by atoms with Crippen molar-refractivity contribution in [3.05, 3.63) is 11.9 Å². The van der Waals surface area contributed by atoms with Gasteiger partial charge in [-0.15, -0.1) is 0 Å². The smallest absolute Gasteiger partial charge is 0.300 e. The molecule has 0 aromatic carbocycles. The Morgan fingerprint density at radius 3 is 2.24 bits per heavy atom. The summed E-state index contributed by atoms with van der Waals surface area (Å²) in [5.41, 5.74) is 1.95. The Bertz CT molecular complexity index is 371. The minimum absolute atomic E-state index is 0.0593. The van der Waals surface area contributed by atoms with Crippen LogP contribution in [0, 0.1) is 11.6 Å². The molecule has 0 saturated heterocycles. The number of hydrogen-bond acceptors (Lipinski definition) is 3. The summed E-state index contributed by atoms with van der Waals surface area (Å²) in [6, 6.07) is 0. The fourth-order valence-corrected chi connectivity index (χ4v) is 1.86. The van der Waals surface area contributed by atoms with E-state index in [0.29, 0.717) is 0 Å². The third-order valence-electron chi connectivity index (χ3n) is 1.27. The third-order valence-corrected chi connectivity index (χ3v) is 3.05. The zero-order valence-electron chi connectivity index (χ0n) is 9.18. The summed E-state index contributed by atoms with van der Waals surface area (Å²) in [4.78, 5) is 0. The van der Waals surface area contributed by atoms with Gasteiger partial charge in [0.2, 0.25) is 0 Å². The van der Waals surface area contributed by atoms with Crippen LogP contribution in [-0.4, -0.2) is 18.6 Å². The van der Waals surface area contributed by atoms with Crippen LogP contribution in [0.15, 0.2) is 11.9 Å². The highest BCUT2D eigenvalue weighted by Crippen LogP contribution is 2.46. The molecule has 0 rings (SSSR count). The molecule has 0 aliphatic heterocycles. The van der Waals surface area contributed by atoms with E-state index in [1.54, 1.807) is 13.8 Å². The lowest BCUT2D eigenvalue weighted by molar-refractivity contribution is 0.110. The van der Waals surface area contributed by atoms with Crippen LogP contribution in [0.2, 0.25) is 0 Å². The zero-order chi connectivity index (χ0) is 13.5. The zero-order valence-corrected chi connectivity index (χ0v) is 10.8. The van der Waals surface area contributed by atoms with E-state index < -0.39 is 18.8 Å². The fourth-order valence-electron chi connectivity index (χ4n) is 0.698. The molecule has 0 aliphatic carbocycles. The van der Waals surface area contributed by atoms with Gasteiger partial charge < -0.3 is 0 Å². The molecule has 0 amide bonds. The first-order valence-corrected chi connectivity index (χ1v) is 6.52. The van der Waals surface area contributed by atoms with E-state index in [1.807, 2.05) is 11.6 Å². The molecule has 17 heavy (non-hydrogen) atoms. The van der Waals surface area contributed by atoms with E-state index in [-0.39, 0.29) is 19.3 Å². The first-order chi connectivity index (χ1) is 7.75. The van der Waals surface area contributed by atoms with Gasteiger partial charge in [-0.05, 0) is 25.4 Å². The van der Waals surface area contributed by atoms with Crippen molar-refractivity contribution in [3.63, 3.8) is 0 Å². The van der Waals surface area contributed by atoms with Crippen LogP contribution < -0.4 is 0 Å². The first-order valence-electron chi connectivity index (χ1n) is 4.60. The van der Waals surface area contributed by atoms with Gasteiger partial charge >= 0.3 is 13.0 Å². The lowest BCUT2D eigenvalue weighted by Gasteiger charge is -2.09. The van der Waals surface area contributed by atoms with E-state index in [4.69, 9.17) is 9.05 Å². The molecule has 0 unspecified atom stereocenters. The standard InChI is InChI=1S/C9H11ClF3O3P/c1-3-15-17(14,16-4-2)7-5-6-8(11)9(10,12)13/h6H,3-4H2,1-2H3/b8-6-. The van der Waals surface area contributed by atoms with Gasteiger partial charge in [0.05, 0.1) is 13.2 Å². The summed E-state index contributed by atoms with van der Waals surface area (Å²) in [5, 5.41) is -4.13. The van der Waals surface area contributed by atoms with Crippen LogP contribution in [-0.2, 0) is 13.6 Å². The van der Waals surface area contributed by atoms with Gasteiger partial charge in [0.15, 0.2) is 5.83 Å². The SMILES string of the molecule is CCOP(=O)(C#C/C=C(\F)C(F)(F)Cl)OCC. The molecule has 0 fully saturated rings. The lowest BCUT2D eigenvalue weighted by atomic mass is 10.5. The van der Waals surface area contributed by atoms with E-state index in [2.05, 4.69) is 11.6 Å². The Morgan fingerprint density at radius 2 is 1.88 bits per heavy atom. The molecule has 98 valence electrons. The van der Waals surface area contributed by atoms with Crippen molar-refractivity contribution in [1.29, 1.82) is 0 Å². The number of alkyl halides is 3. The van der Waals surface area contributed by atoms with Crippen molar-refractivity contribution in [2.75, 3.05) is 13.2 Å². The molecule has 3 nitrogen and oxygen atoms in total. The van der Waals surface area contributed by atoms with Crippen molar-refractivity contribution < 1.29 is 26.8 Å². The molecule has 0 heterocycles. The topological polar surface area (TPSA) is 35.5 Å². The van der Waals surface area contributed by atoms with E-state index >= 15 is 0 Å². The summed E-state index contributed by atoms with van der Waals surface area (Å²) >= 11 is 4.38. The summed E-state index contributed by atoms with van der Waals surface area (Å²) in [6.07, 6.45) is 0.220. The van der Waals surface area contributed by atoms with Crippen LogP contribution in [0.1, 0.15) is 13.8 Å². The summed E-state index contributed by atoms with van der Waals surface area (Å²) in [7, 11) is -3.69. The number of hydrogen-bond donors (Lipinski definition) is 0. The van der Waals surface area contributed by atoms with Gasteiger partial charge in [-0.3, -0.25) is 9.05 Å². The highest BCUT2D eigenvalue weighted by Gasteiger charge is 2.31. The summed E-state index contributed by atoms with van der Waals surface area (Å²) in [5.74, 6) is -0.101. The molecule has 0 radical (unpaired) electrons. The first kappa shape index (κ1) is 16.5. The van der Waals surface area contributed by atoms with Gasteiger partial charge in [-0.25, -0.2) is 8.96 Å². The second-order valence-corrected chi connectivity index (χ2v) is 4.79. The predicted molar refractivity (Wildman–Crippen MR) is 58.6 cm³/mol. The largest absolute Gasteiger partial charge is 0.405 e.